The maximum atomic E-state index is 7.12. The lowest BCUT2D eigenvalue weighted by molar-refractivity contribution is 0.677. The van der Waals surface area contributed by atoms with Crippen molar-refractivity contribution in [3.8, 4) is 22.5 Å². The summed E-state index contributed by atoms with van der Waals surface area (Å²) < 4.78 is 11.8. The van der Waals surface area contributed by atoms with Crippen molar-refractivity contribution in [1.82, 2.24) is 9.13 Å². The van der Waals surface area contributed by atoms with E-state index >= 15 is 0 Å². The molecule has 12 rings (SSSR count). The number of hydrogen-bond donors (Lipinski definition) is 0. The molecule has 58 heavy (non-hydrogen) atoms. The van der Waals surface area contributed by atoms with Crippen LogP contribution in [-0.4, -0.2) is 9.13 Å². The summed E-state index contributed by atoms with van der Waals surface area (Å²) in [5.41, 5.74) is 14.4. The molecule has 4 heteroatoms. The van der Waals surface area contributed by atoms with Crippen LogP contribution in [0, 0.1) is 0 Å². The van der Waals surface area contributed by atoms with Gasteiger partial charge in [0.25, 0.3) is 0 Å². The fourth-order valence-corrected chi connectivity index (χ4v) is 9.14. The Balaban J connectivity index is 0.977. The predicted octanol–water partition coefficient (Wildman–Crippen LogP) is 14.9. The van der Waals surface area contributed by atoms with Gasteiger partial charge in [-0.25, -0.2) is 0 Å². The van der Waals surface area contributed by atoms with Crippen LogP contribution in [-0.2, 0) is 0 Å². The number of anilines is 3. The minimum atomic E-state index is 0.920. The second-order valence-electron chi connectivity index (χ2n) is 14.9. The summed E-state index contributed by atoms with van der Waals surface area (Å²) in [5.74, 6) is 0. The minimum Gasteiger partial charge on any atom is -0.455 e. The fraction of sp³-hybridized carbons (Fsp3) is 0. The summed E-state index contributed by atoms with van der Waals surface area (Å²) in [5, 5.41) is 6.88. The van der Waals surface area contributed by atoms with Gasteiger partial charge in [-0.1, -0.05) is 115 Å². The van der Waals surface area contributed by atoms with E-state index in [-0.39, 0.29) is 0 Å². The van der Waals surface area contributed by atoms with Gasteiger partial charge in [0.1, 0.15) is 11.2 Å². The molecule has 0 saturated carbocycles. The molecule has 272 valence electrons. The molecule has 0 aliphatic heterocycles. The van der Waals surface area contributed by atoms with E-state index in [0.717, 1.165) is 77.7 Å². The van der Waals surface area contributed by atoms with E-state index in [0.29, 0.717) is 0 Å². The van der Waals surface area contributed by atoms with Gasteiger partial charge in [-0.3, -0.25) is 0 Å². The van der Waals surface area contributed by atoms with Crippen LogP contribution in [0.5, 0.6) is 0 Å². The van der Waals surface area contributed by atoms with Crippen LogP contribution in [0.2, 0.25) is 0 Å². The highest BCUT2D eigenvalue weighted by atomic mass is 16.3. The Hall–Kier alpha value is -7.82. The van der Waals surface area contributed by atoms with Crippen LogP contribution in [0.15, 0.2) is 217 Å². The maximum absolute atomic E-state index is 7.12. The number of fused-ring (bicyclic) bond motifs is 11. The number of para-hydroxylation sites is 5. The van der Waals surface area contributed by atoms with Crippen molar-refractivity contribution in [2.24, 2.45) is 0 Å². The van der Waals surface area contributed by atoms with Crippen molar-refractivity contribution in [2.75, 3.05) is 4.90 Å². The smallest absolute Gasteiger partial charge is 0.145 e. The second kappa shape index (κ2) is 12.9. The topological polar surface area (TPSA) is 26.2 Å². The highest BCUT2D eigenvalue weighted by Crippen LogP contribution is 2.45. The largest absolute Gasteiger partial charge is 0.455 e. The van der Waals surface area contributed by atoms with Crippen LogP contribution in [0.3, 0.4) is 0 Å². The summed E-state index contributed by atoms with van der Waals surface area (Å²) in [6.45, 7) is 0. The number of rotatable bonds is 6. The first-order valence-corrected chi connectivity index (χ1v) is 19.8. The Morgan fingerprint density at radius 2 is 0.690 bits per heavy atom. The summed E-state index contributed by atoms with van der Waals surface area (Å²) in [6.07, 6.45) is 0. The van der Waals surface area contributed by atoms with Gasteiger partial charge < -0.3 is 18.5 Å². The molecule has 3 aromatic heterocycles. The minimum absolute atomic E-state index is 0.920. The van der Waals surface area contributed by atoms with Gasteiger partial charge in [-0.05, 0) is 108 Å². The monoisotopic (exact) mass is 741 g/mol. The highest BCUT2D eigenvalue weighted by Gasteiger charge is 2.22. The van der Waals surface area contributed by atoms with Crippen molar-refractivity contribution in [1.29, 1.82) is 0 Å². The molecule has 0 fully saturated rings. The van der Waals surface area contributed by atoms with Crippen molar-refractivity contribution in [3.63, 3.8) is 0 Å². The van der Waals surface area contributed by atoms with Gasteiger partial charge >= 0.3 is 0 Å². The van der Waals surface area contributed by atoms with Crippen molar-refractivity contribution in [3.05, 3.63) is 212 Å². The zero-order chi connectivity index (χ0) is 38.2. The molecule has 0 saturated heterocycles. The lowest BCUT2D eigenvalue weighted by Crippen LogP contribution is -2.09. The average Bonchev–Trinajstić information content (AvgIpc) is 3.96. The molecular formula is C54H35N3O. The maximum Gasteiger partial charge on any atom is 0.145 e. The lowest BCUT2D eigenvalue weighted by Gasteiger charge is -2.25. The van der Waals surface area contributed by atoms with Crippen LogP contribution < -0.4 is 4.90 Å². The van der Waals surface area contributed by atoms with Gasteiger partial charge in [0, 0.05) is 50.0 Å². The molecule has 12 aromatic rings. The molecular weight excluding hydrogens is 707 g/mol. The molecule has 3 heterocycles. The molecule has 0 aliphatic rings. The third kappa shape index (κ3) is 4.88. The first-order chi connectivity index (χ1) is 28.8. The quantitative estimate of drug-likeness (QED) is 0.170. The van der Waals surface area contributed by atoms with Crippen molar-refractivity contribution >= 4 is 82.6 Å². The Kier molecular flexibility index (Phi) is 7.20. The Morgan fingerprint density at radius 3 is 1.19 bits per heavy atom. The molecule has 0 atom stereocenters. The van der Waals surface area contributed by atoms with Crippen LogP contribution in [0.25, 0.3) is 88.1 Å². The molecule has 0 bridgehead atoms. The van der Waals surface area contributed by atoms with Crippen molar-refractivity contribution in [2.45, 2.75) is 0 Å². The van der Waals surface area contributed by atoms with Gasteiger partial charge in [-0.15, -0.1) is 0 Å². The van der Waals surface area contributed by atoms with E-state index in [9.17, 15) is 0 Å². The Morgan fingerprint density at radius 1 is 0.293 bits per heavy atom. The molecule has 0 N–H and O–H groups in total. The number of benzene rings is 9. The number of furan rings is 1. The summed E-state index contributed by atoms with van der Waals surface area (Å²) in [4.78, 5) is 2.29. The van der Waals surface area contributed by atoms with Gasteiger partial charge in [0.2, 0.25) is 0 Å². The van der Waals surface area contributed by atoms with E-state index in [1.807, 2.05) is 0 Å². The molecule has 0 unspecified atom stereocenters. The van der Waals surface area contributed by atoms with Gasteiger partial charge in [-0.2, -0.15) is 0 Å². The standard InChI is InChI=1S/C54H35N3O/c1-4-14-38(15-5-1)55(39-16-6-2-7-17-39)41-28-24-36(25-29-41)37-26-30-42(31-27-37)57-48-23-13-11-21-46(48)52-50(57)35-33-44-43-32-34-49-51(53(43)58-54(44)52)45-20-10-12-22-47(45)56(49)40-18-8-3-9-19-40/h1-35H. The van der Waals surface area contributed by atoms with E-state index in [1.165, 1.54) is 27.4 Å². The number of nitrogens with zero attached hydrogens (tertiary/aromatic N) is 3. The molecule has 0 radical (unpaired) electrons. The normalized spacial score (nSPS) is 11.8. The molecule has 0 amide bonds. The summed E-state index contributed by atoms with van der Waals surface area (Å²) in [6, 6.07) is 75.8. The zero-order valence-electron chi connectivity index (χ0n) is 31.5. The first kappa shape index (κ1) is 32.4. The Labute approximate surface area is 334 Å². The van der Waals surface area contributed by atoms with Gasteiger partial charge in [0.05, 0.1) is 32.8 Å². The van der Waals surface area contributed by atoms with Crippen LogP contribution >= 0.6 is 0 Å². The number of hydrogen-bond acceptors (Lipinski definition) is 2. The molecule has 0 spiro atoms. The first-order valence-electron chi connectivity index (χ1n) is 19.8. The summed E-state index contributed by atoms with van der Waals surface area (Å²) >= 11 is 0. The van der Waals surface area contributed by atoms with Crippen LogP contribution in [0.4, 0.5) is 17.1 Å². The average molecular weight is 742 g/mol. The highest BCUT2D eigenvalue weighted by molar-refractivity contribution is 6.29. The molecule has 4 nitrogen and oxygen atoms in total. The second-order valence-corrected chi connectivity index (χ2v) is 14.9. The van der Waals surface area contributed by atoms with Crippen molar-refractivity contribution < 1.29 is 4.42 Å². The molecule has 9 aromatic carbocycles. The summed E-state index contributed by atoms with van der Waals surface area (Å²) in [7, 11) is 0. The van der Waals surface area contributed by atoms with E-state index in [1.54, 1.807) is 0 Å². The number of aromatic nitrogens is 2. The zero-order valence-corrected chi connectivity index (χ0v) is 31.5. The fourth-order valence-electron chi connectivity index (χ4n) is 9.14. The van der Waals surface area contributed by atoms with Crippen LogP contribution in [0.1, 0.15) is 0 Å². The van der Waals surface area contributed by atoms with E-state index in [4.69, 9.17) is 4.42 Å². The van der Waals surface area contributed by atoms with E-state index < -0.39 is 0 Å². The predicted molar refractivity (Wildman–Crippen MR) is 243 cm³/mol. The third-order valence-electron chi connectivity index (χ3n) is 11.7. The van der Waals surface area contributed by atoms with E-state index in [2.05, 4.69) is 226 Å². The molecule has 0 aliphatic carbocycles. The SMILES string of the molecule is c1ccc(N(c2ccccc2)c2ccc(-c3ccc(-n4c5ccccc5c5c6oc7c(ccc8c7c7ccccc7n8-c7ccccc7)c6ccc54)cc3)cc2)cc1. The van der Waals surface area contributed by atoms with Gasteiger partial charge in [0.15, 0.2) is 0 Å². The third-order valence-corrected chi connectivity index (χ3v) is 11.7. The Bertz CT molecular complexity index is 3430. The lowest BCUT2D eigenvalue weighted by atomic mass is 10.0.